The van der Waals surface area contributed by atoms with Crippen LogP contribution in [0.25, 0.3) is 5.82 Å². The highest BCUT2D eigenvalue weighted by atomic mass is 16.5. The van der Waals surface area contributed by atoms with Crippen LogP contribution in [0.2, 0.25) is 0 Å². The minimum Gasteiger partial charge on any atom is -0.454 e. The molecule has 32 heavy (non-hydrogen) atoms. The van der Waals surface area contributed by atoms with Gasteiger partial charge in [0.2, 0.25) is 0 Å². The number of nitrogens with one attached hydrogen (secondary N) is 1. The topological polar surface area (TPSA) is 86.1 Å². The standard InChI is InChI=1S/C25H20N4O3/c30-24(28-15-19-7-4-10-27-23(19)29-12-11-26-16-29)18-8-9-21-20(13-18)14-22(32-25(21)31)17-5-2-1-3-6-17/h1-13,16,22H,14-15H2,(H,28,30). The molecule has 7 heteroatoms. The first-order chi connectivity index (χ1) is 15.7. The molecular formula is C25H20N4O3. The van der Waals surface area contributed by atoms with Gasteiger partial charge >= 0.3 is 5.97 Å². The molecule has 1 unspecified atom stereocenters. The van der Waals surface area contributed by atoms with Gasteiger partial charge in [-0.3, -0.25) is 9.36 Å². The van der Waals surface area contributed by atoms with Gasteiger partial charge in [0.05, 0.1) is 5.56 Å². The highest BCUT2D eigenvalue weighted by molar-refractivity contribution is 5.97. The van der Waals surface area contributed by atoms with Crippen molar-refractivity contribution < 1.29 is 14.3 Å². The number of cyclic esters (lactones) is 1. The largest absolute Gasteiger partial charge is 0.454 e. The summed E-state index contributed by atoms with van der Waals surface area (Å²) in [7, 11) is 0. The Balaban J connectivity index is 1.34. The number of imidazole rings is 1. The zero-order valence-electron chi connectivity index (χ0n) is 17.1. The number of rotatable bonds is 5. The fourth-order valence-electron chi connectivity index (χ4n) is 3.85. The molecule has 0 spiro atoms. The number of carbonyl (C=O) groups excluding carboxylic acids is 2. The van der Waals surface area contributed by atoms with Crippen LogP contribution in [0, 0.1) is 0 Å². The molecule has 0 bridgehead atoms. The van der Waals surface area contributed by atoms with Crippen LogP contribution in [0.4, 0.5) is 0 Å². The van der Waals surface area contributed by atoms with Crippen molar-refractivity contribution in [1.82, 2.24) is 19.9 Å². The summed E-state index contributed by atoms with van der Waals surface area (Å²) in [4.78, 5) is 33.8. The van der Waals surface area contributed by atoms with Gasteiger partial charge in [0.1, 0.15) is 18.2 Å². The van der Waals surface area contributed by atoms with Crippen molar-refractivity contribution >= 4 is 11.9 Å². The lowest BCUT2D eigenvalue weighted by atomic mass is 9.93. The molecule has 0 aliphatic carbocycles. The number of hydrogen-bond donors (Lipinski definition) is 1. The molecule has 2 aromatic carbocycles. The highest BCUT2D eigenvalue weighted by Crippen LogP contribution is 2.31. The van der Waals surface area contributed by atoms with Crippen LogP contribution >= 0.6 is 0 Å². The summed E-state index contributed by atoms with van der Waals surface area (Å²) in [6, 6.07) is 18.5. The molecule has 0 saturated heterocycles. The number of benzene rings is 2. The third-order valence-electron chi connectivity index (χ3n) is 5.47. The van der Waals surface area contributed by atoms with Crippen LogP contribution in [-0.4, -0.2) is 26.4 Å². The van der Waals surface area contributed by atoms with E-state index in [9.17, 15) is 9.59 Å². The number of aromatic nitrogens is 3. The first-order valence-corrected chi connectivity index (χ1v) is 10.3. The van der Waals surface area contributed by atoms with Crippen LogP contribution in [0.1, 0.15) is 43.5 Å². The molecule has 1 aliphatic heterocycles. The lowest BCUT2D eigenvalue weighted by Gasteiger charge is -2.25. The summed E-state index contributed by atoms with van der Waals surface area (Å²) in [5.41, 5.74) is 3.61. The minimum absolute atomic E-state index is 0.219. The average Bonchev–Trinajstić information content (AvgIpc) is 3.38. The Morgan fingerprint density at radius 2 is 1.97 bits per heavy atom. The summed E-state index contributed by atoms with van der Waals surface area (Å²) in [6.07, 6.45) is 7.02. The van der Waals surface area contributed by atoms with E-state index in [2.05, 4.69) is 15.3 Å². The molecule has 4 aromatic rings. The molecular weight excluding hydrogens is 404 g/mol. The second kappa shape index (κ2) is 8.47. The molecule has 158 valence electrons. The van der Waals surface area contributed by atoms with Crippen molar-refractivity contribution in [3.05, 3.63) is 113 Å². The van der Waals surface area contributed by atoms with Gasteiger partial charge in [-0.05, 0) is 35.4 Å². The summed E-state index contributed by atoms with van der Waals surface area (Å²) in [5.74, 6) is 0.125. The molecule has 7 nitrogen and oxygen atoms in total. The zero-order valence-corrected chi connectivity index (χ0v) is 17.1. The van der Waals surface area contributed by atoms with E-state index >= 15 is 0 Å². The Hall–Kier alpha value is -4.26. The fraction of sp³-hybridized carbons (Fsp3) is 0.120. The Morgan fingerprint density at radius 1 is 1.09 bits per heavy atom. The number of hydrogen-bond acceptors (Lipinski definition) is 5. The quantitative estimate of drug-likeness (QED) is 0.494. The van der Waals surface area contributed by atoms with Crippen LogP contribution in [0.5, 0.6) is 0 Å². The highest BCUT2D eigenvalue weighted by Gasteiger charge is 2.28. The van der Waals surface area contributed by atoms with Gasteiger partial charge in [0, 0.05) is 42.7 Å². The van der Waals surface area contributed by atoms with Gasteiger partial charge in [-0.1, -0.05) is 36.4 Å². The third-order valence-corrected chi connectivity index (χ3v) is 5.47. The van der Waals surface area contributed by atoms with E-state index in [1.54, 1.807) is 47.7 Å². The lowest BCUT2D eigenvalue weighted by Crippen LogP contribution is -2.26. The first kappa shape index (κ1) is 19.7. The zero-order chi connectivity index (χ0) is 21.9. The van der Waals surface area contributed by atoms with E-state index in [0.29, 0.717) is 29.9 Å². The molecule has 2 aromatic heterocycles. The van der Waals surface area contributed by atoms with E-state index in [4.69, 9.17) is 4.74 Å². The van der Waals surface area contributed by atoms with Gasteiger partial charge in [0.25, 0.3) is 5.91 Å². The number of ether oxygens (including phenoxy) is 1. The molecule has 0 fully saturated rings. The minimum atomic E-state index is -0.368. The molecule has 1 aliphatic rings. The Bertz CT molecular complexity index is 1270. The third kappa shape index (κ3) is 3.88. The predicted octanol–water partition coefficient (Wildman–Crippen LogP) is 3.65. The van der Waals surface area contributed by atoms with E-state index in [1.807, 2.05) is 42.5 Å². The van der Waals surface area contributed by atoms with E-state index in [0.717, 1.165) is 16.7 Å². The number of fused-ring (bicyclic) bond motifs is 1. The van der Waals surface area contributed by atoms with Crippen molar-refractivity contribution in [3.63, 3.8) is 0 Å². The number of carbonyl (C=O) groups is 2. The van der Waals surface area contributed by atoms with Crippen LogP contribution < -0.4 is 5.32 Å². The summed E-state index contributed by atoms with van der Waals surface area (Å²) in [5, 5.41) is 2.95. The van der Waals surface area contributed by atoms with Gasteiger partial charge in [-0.2, -0.15) is 0 Å². The predicted molar refractivity (Wildman–Crippen MR) is 117 cm³/mol. The van der Waals surface area contributed by atoms with E-state index < -0.39 is 0 Å². The van der Waals surface area contributed by atoms with E-state index in [1.165, 1.54) is 0 Å². The van der Waals surface area contributed by atoms with Gasteiger partial charge in [-0.15, -0.1) is 0 Å². The van der Waals surface area contributed by atoms with Crippen molar-refractivity contribution in [2.45, 2.75) is 19.1 Å². The number of pyridine rings is 1. The maximum atomic E-state index is 12.9. The van der Waals surface area contributed by atoms with Crippen molar-refractivity contribution in [2.75, 3.05) is 0 Å². The summed E-state index contributed by atoms with van der Waals surface area (Å²) >= 11 is 0. The Morgan fingerprint density at radius 3 is 2.78 bits per heavy atom. The first-order valence-electron chi connectivity index (χ1n) is 10.3. The molecule has 1 N–H and O–H groups in total. The SMILES string of the molecule is O=C(NCc1cccnc1-n1ccnc1)c1ccc2c(c1)CC(c1ccccc1)OC2=O. The summed E-state index contributed by atoms with van der Waals surface area (Å²) < 4.78 is 7.40. The van der Waals surface area contributed by atoms with Crippen LogP contribution in [0.15, 0.2) is 85.6 Å². The van der Waals surface area contributed by atoms with E-state index in [-0.39, 0.29) is 18.0 Å². The second-order valence-electron chi connectivity index (χ2n) is 7.52. The summed E-state index contributed by atoms with van der Waals surface area (Å²) in [6.45, 7) is 0.311. The van der Waals surface area contributed by atoms with Gasteiger partial charge in [0.15, 0.2) is 0 Å². The second-order valence-corrected chi connectivity index (χ2v) is 7.52. The molecule has 1 atom stereocenters. The molecule has 1 amide bonds. The maximum Gasteiger partial charge on any atom is 0.339 e. The van der Waals surface area contributed by atoms with Gasteiger partial charge < -0.3 is 10.1 Å². The Kier molecular flexibility index (Phi) is 5.21. The van der Waals surface area contributed by atoms with Crippen LogP contribution in [0.3, 0.4) is 0 Å². The fourth-order valence-corrected chi connectivity index (χ4v) is 3.85. The van der Waals surface area contributed by atoms with Crippen LogP contribution in [-0.2, 0) is 17.7 Å². The van der Waals surface area contributed by atoms with Crippen molar-refractivity contribution in [1.29, 1.82) is 0 Å². The smallest absolute Gasteiger partial charge is 0.339 e. The van der Waals surface area contributed by atoms with Gasteiger partial charge in [-0.25, -0.2) is 14.8 Å². The lowest BCUT2D eigenvalue weighted by molar-refractivity contribution is 0.0252. The average molecular weight is 424 g/mol. The number of esters is 1. The number of amides is 1. The molecule has 0 radical (unpaired) electrons. The molecule has 0 saturated carbocycles. The maximum absolute atomic E-state index is 12.9. The van der Waals surface area contributed by atoms with Crippen molar-refractivity contribution in [2.24, 2.45) is 0 Å². The monoisotopic (exact) mass is 424 g/mol. The number of nitrogens with zero attached hydrogens (tertiary/aromatic N) is 3. The Labute approximate surface area is 184 Å². The molecule has 5 rings (SSSR count). The molecule has 3 heterocycles. The van der Waals surface area contributed by atoms with Crippen molar-refractivity contribution in [3.8, 4) is 5.82 Å². The normalized spacial score (nSPS) is 15.0.